The van der Waals surface area contributed by atoms with Gasteiger partial charge in [-0.1, -0.05) is 25.0 Å². The minimum absolute atomic E-state index is 0.234. The van der Waals surface area contributed by atoms with Crippen LogP contribution >= 0.6 is 0 Å². The molecule has 0 aromatic heterocycles. The van der Waals surface area contributed by atoms with Crippen molar-refractivity contribution in [2.75, 3.05) is 6.54 Å². The topological polar surface area (TPSA) is 77.8 Å². The summed E-state index contributed by atoms with van der Waals surface area (Å²) >= 11 is 0. The zero-order valence-corrected chi connectivity index (χ0v) is 10.6. The van der Waals surface area contributed by atoms with E-state index in [2.05, 4.69) is 0 Å². The van der Waals surface area contributed by atoms with Gasteiger partial charge in [-0.25, -0.2) is 0 Å². The van der Waals surface area contributed by atoms with Crippen molar-refractivity contribution >= 4 is 18.9 Å². The fraction of sp³-hybridized carbons (Fsp3) is 0.385. The van der Waals surface area contributed by atoms with E-state index in [4.69, 9.17) is 10.0 Å². The molecule has 5 nitrogen and oxygen atoms in total. The molecule has 0 fully saturated rings. The minimum atomic E-state index is -1.28. The molecular formula is C13H16BNO4. The number of nitrogens with zero attached hydrogens (tertiary/aromatic N) is 1. The van der Waals surface area contributed by atoms with Gasteiger partial charge >= 0.3 is 7.12 Å². The van der Waals surface area contributed by atoms with Crippen LogP contribution in [0.15, 0.2) is 24.3 Å². The van der Waals surface area contributed by atoms with Gasteiger partial charge in [-0.2, -0.15) is 0 Å². The second kappa shape index (κ2) is 5.99. The predicted molar refractivity (Wildman–Crippen MR) is 70.7 cm³/mol. The fourth-order valence-corrected chi connectivity index (χ4v) is 2.22. The maximum absolute atomic E-state index is 12.0. The van der Waals surface area contributed by atoms with Gasteiger partial charge in [0.25, 0.3) is 11.8 Å². The van der Waals surface area contributed by atoms with Crippen LogP contribution in [0.1, 0.15) is 40.0 Å². The molecule has 100 valence electrons. The molecule has 0 radical (unpaired) electrons. The molecule has 0 atom stereocenters. The van der Waals surface area contributed by atoms with E-state index < -0.39 is 7.12 Å². The highest BCUT2D eigenvalue weighted by Gasteiger charge is 2.34. The molecule has 0 aliphatic carbocycles. The Bertz CT molecular complexity index is 454. The molecule has 1 aromatic rings. The van der Waals surface area contributed by atoms with Gasteiger partial charge < -0.3 is 10.0 Å². The monoisotopic (exact) mass is 261 g/mol. The molecule has 0 bridgehead atoms. The first-order valence-electron chi connectivity index (χ1n) is 6.42. The summed E-state index contributed by atoms with van der Waals surface area (Å²) in [5, 5.41) is 17.4. The number of hydrogen-bond acceptors (Lipinski definition) is 4. The number of imide groups is 1. The van der Waals surface area contributed by atoms with Crippen molar-refractivity contribution in [3.8, 4) is 0 Å². The van der Waals surface area contributed by atoms with Crippen molar-refractivity contribution in [3.63, 3.8) is 0 Å². The van der Waals surface area contributed by atoms with E-state index in [1.165, 1.54) is 4.90 Å². The Morgan fingerprint density at radius 1 is 0.947 bits per heavy atom. The summed E-state index contributed by atoms with van der Waals surface area (Å²) < 4.78 is 0. The summed E-state index contributed by atoms with van der Waals surface area (Å²) in [4.78, 5) is 25.3. The average Bonchev–Trinajstić information content (AvgIpc) is 2.63. The Kier molecular flexibility index (Phi) is 4.34. The van der Waals surface area contributed by atoms with Crippen LogP contribution in [-0.4, -0.2) is 40.4 Å². The highest BCUT2D eigenvalue weighted by atomic mass is 16.4. The van der Waals surface area contributed by atoms with Crippen LogP contribution in [0.3, 0.4) is 0 Å². The molecule has 0 unspecified atom stereocenters. The molecule has 1 aliphatic heterocycles. The third-order valence-electron chi connectivity index (χ3n) is 3.22. The van der Waals surface area contributed by atoms with Gasteiger partial charge in [0, 0.05) is 6.54 Å². The van der Waals surface area contributed by atoms with E-state index in [1.807, 2.05) is 0 Å². The van der Waals surface area contributed by atoms with Gasteiger partial charge in [0.2, 0.25) is 0 Å². The summed E-state index contributed by atoms with van der Waals surface area (Å²) in [7, 11) is -1.28. The number of benzene rings is 1. The van der Waals surface area contributed by atoms with Gasteiger partial charge in [-0.3, -0.25) is 14.5 Å². The van der Waals surface area contributed by atoms with Crippen molar-refractivity contribution in [1.82, 2.24) is 4.90 Å². The van der Waals surface area contributed by atoms with E-state index in [0.29, 0.717) is 36.8 Å². The number of carbonyl (C=O) groups is 2. The van der Waals surface area contributed by atoms with Crippen LogP contribution in [0, 0.1) is 0 Å². The number of carbonyl (C=O) groups excluding carboxylic acids is 2. The largest absolute Gasteiger partial charge is 0.451 e. The lowest BCUT2D eigenvalue weighted by Crippen LogP contribution is -2.30. The lowest BCUT2D eigenvalue weighted by molar-refractivity contribution is 0.0651. The summed E-state index contributed by atoms with van der Waals surface area (Å²) in [6.45, 7) is 0.383. The number of rotatable bonds is 6. The predicted octanol–water partition coefficient (Wildman–Crippen LogP) is 0.926. The van der Waals surface area contributed by atoms with Crippen LogP contribution in [0.4, 0.5) is 0 Å². The molecule has 1 heterocycles. The number of amides is 2. The van der Waals surface area contributed by atoms with E-state index in [0.717, 1.165) is 6.42 Å². The average molecular weight is 261 g/mol. The normalized spacial score (nSPS) is 13.9. The first kappa shape index (κ1) is 13.8. The Hall–Kier alpha value is -1.66. The van der Waals surface area contributed by atoms with Crippen LogP contribution < -0.4 is 0 Å². The van der Waals surface area contributed by atoms with Gasteiger partial charge in [0.15, 0.2) is 0 Å². The molecule has 6 heteroatoms. The highest BCUT2D eigenvalue weighted by molar-refractivity contribution is 6.40. The van der Waals surface area contributed by atoms with E-state index >= 15 is 0 Å². The van der Waals surface area contributed by atoms with Crippen LogP contribution in [0.2, 0.25) is 6.32 Å². The molecule has 0 saturated carbocycles. The Labute approximate surface area is 112 Å². The molecule has 1 aromatic carbocycles. The molecule has 2 N–H and O–H groups in total. The van der Waals surface area contributed by atoms with Crippen LogP contribution in [-0.2, 0) is 0 Å². The molecule has 2 amide bonds. The first-order valence-corrected chi connectivity index (χ1v) is 6.42. The Morgan fingerprint density at radius 2 is 1.53 bits per heavy atom. The summed E-state index contributed by atoms with van der Waals surface area (Å²) in [5.74, 6) is -0.467. The Morgan fingerprint density at radius 3 is 2.05 bits per heavy atom. The summed E-state index contributed by atoms with van der Waals surface area (Å²) in [5.41, 5.74) is 0.941. The highest BCUT2D eigenvalue weighted by Crippen LogP contribution is 2.22. The van der Waals surface area contributed by atoms with Crippen molar-refractivity contribution in [1.29, 1.82) is 0 Å². The van der Waals surface area contributed by atoms with Gasteiger partial charge in [-0.15, -0.1) is 0 Å². The number of fused-ring (bicyclic) bond motifs is 1. The fourth-order valence-electron chi connectivity index (χ4n) is 2.22. The lowest BCUT2D eigenvalue weighted by atomic mass is 9.83. The van der Waals surface area contributed by atoms with E-state index in [9.17, 15) is 9.59 Å². The zero-order chi connectivity index (χ0) is 13.8. The van der Waals surface area contributed by atoms with Crippen molar-refractivity contribution in [3.05, 3.63) is 35.4 Å². The summed E-state index contributed by atoms with van der Waals surface area (Å²) in [6, 6.07) is 6.82. The summed E-state index contributed by atoms with van der Waals surface area (Å²) in [6.07, 6.45) is 2.42. The second-order valence-electron chi connectivity index (χ2n) is 4.64. The van der Waals surface area contributed by atoms with Gasteiger partial charge in [0.1, 0.15) is 0 Å². The van der Waals surface area contributed by atoms with E-state index in [-0.39, 0.29) is 11.8 Å². The molecule has 0 spiro atoms. The third kappa shape index (κ3) is 3.02. The van der Waals surface area contributed by atoms with Crippen LogP contribution in [0.25, 0.3) is 0 Å². The molecule has 0 saturated heterocycles. The van der Waals surface area contributed by atoms with Gasteiger partial charge in [0.05, 0.1) is 11.1 Å². The standard InChI is InChI=1S/C13H16BNO4/c16-12-10-6-2-3-7-11(10)13(17)15(12)9-5-1-4-8-14(18)19/h2-3,6-7,18-19H,1,4-5,8-9H2. The Balaban J connectivity index is 1.87. The quantitative estimate of drug-likeness (QED) is 0.453. The molecular weight excluding hydrogens is 245 g/mol. The third-order valence-corrected chi connectivity index (χ3v) is 3.22. The number of hydrogen-bond donors (Lipinski definition) is 2. The molecule has 2 rings (SSSR count). The molecule has 1 aliphatic rings. The van der Waals surface area contributed by atoms with Crippen molar-refractivity contribution < 1.29 is 19.6 Å². The second-order valence-corrected chi connectivity index (χ2v) is 4.64. The lowest BCUT2D eigenvalue weighted by Gasteiger charge is -2.13. The maximum Gasteiger partial charge on any atom is 0.451 e. The first-order chi connectivity index (χ1) is 9.11. The SMILES string of the molecule is O=C1c2ccccc2C(=O)N1CCCCCB(O)O. The van der Waals surface area contributed by atoms with E-state index in [1.54, 1.807) is 24.3 Å². The van der Waals surface area contributed by atoms with Crippen molar-refractivity contribution in [2.24, 2.45) is 0 Å². The van der Waals surface area contributed by atoms with Crippen molar-refractivity contribution in [2.45, 2.75) is 25.6 Å². The number of unbranched alkanes of at least 4 members (excludes halogenated alkanes) is 2. The van der Waals surface area contributed by atoms with Gasteiger partial charge in [-0.05, 0) is 24.9 Å². The van der Waals surface area contributed by atoms with Crippen LogP contribution in [0.5, 0.6) is 0 Å². The smallest absolute Gasteiger partial charge is 0.427 e. The zero-order valence-electron chi connectivity index (χ0n) is 10.6. The maximum atomic E-state index is 12.0. The minimum Gasteiger partial charge on any atom is -0.427 e. The molecule has 19 heavy (non-hydrogen) atoms.